The molecule has 0 atom stereocenters. The molecular weight excluding hydrogens is 228 g/mol. The van der Waals surface area contributed by atoms with Crippen LogP contribution < -0.4 is 0 Å². The average molecular weight is 266 g/mol. The van der Waals surface area contributed by atoms with Crippen molar-refractivity contribution in [1.82, 2.24) is 0 Å². The molecule has 0 amide bonds. The van der Waals surface area contributed by atoms with Gasteiger partial charge in [0.25, 0.3) is 0 Å². The maximum absolute atomic E-state index is 3.09. The van der Waals surface area contributed by atoms with Crippen molar-refractivity contribution in [3.8, 4) is 0 Å². The van der Waals surface area contributed by atoms with Gasteiger partial charge in [-0.3, -0.25) is 0 Å². The Bertz CT molecular complexity index is 169. The smallest absolute Gasteiger partial charge is 0.0345 e. The first-order valence-electron chi connectivity index (χ1n) is 8.90. The molecular formula is C19H37. The maximum Gasteiger partial charge on any atom is -0.0345 e. The van der Waals surface area contributed by atoms with E-state index in [1.165, 1.54) is 96.3 Å². The maximum atomic E-state index is 3.09. The van der Waals surface area contributed by atoms with Gasteiger partial charge in [0, 0.05) is 0 Å². The monoisotopic (exact) mass is 265 g/mol. The van der Waals surface area contributed by atoms with Crippen LogP contribution in [0.4, 0.5) is 0 Å². The van der Waals surface area contributed by atoms with E-state index in [0.29, 0.717) is 0 Å². The molecule has 0 aliphatic rings. The lowest BCUT2D eigenvalue weighted by Gasteiger charge is -2.02. The molecule has 0 fully saturated rings. The molecule has 0 saturated carbocycles. The van der Waals surface area contributed by atoms with Gasteiger partial charge in [0.15, 0.2) is 0 Å². The largest absolute Gasteiger partial charge is 0.0813 e. The molecule has 0 aromatic rings. The zero-order chi connectivity index (χ0) is 14.0. The molecule has 0 heteroatoms. The van der Waals surface area contributed by atoms with E-state index in [1.54, 1.807) is 0 Å². The second kappa shape index (κ2) is 17.7. The van der Waals surface area contributed by atoms with E-state index in [9.17, 15) is 0 Å². The predicted octanol–water partition coefficient (Wildman–Crippen LogP) is 7.24. The Morgan fingerprint density at radius 3 is 1.32 bits per heavy atom. The highest BCUT2D eigenvalue weighted by Gasteiger charge is 1.93. The van der Waals surface area contributed by atoms with Crippen molar-refractivity contribution in [2.24, 2.45) is 0 Å². The van der Waals surface area contributed by atoms with E-state index < -0.39 is 0 Å². The first-order chi connectivity index (χ1) is 9.41. The number of allylic oxidation sites excluding steroid dienone is 2. The third-order valence-corrected chi connectivity index (χ3v) is 3.91. The van der Waals surface area contributed by atoms with Gasteiger partial charge in [-0.2, -0.15) is 0 Å². The molecule has 0 aliphatic carbocycles. The minimum absolute atomic E-state index is 1.23. The molecule has 0 rings (SSSR count). The van der Waals surface area contributed by atoms with Gasteiger partial charge in [-0.25, -0.2) is 0 Å². The van der Waals surface area contributed by atoms with Gasteiger partial charge in [0.2, 0.25) is 0 Å². The molecule has 0 nitrogen and oxygen atoms in total. The number of unbranched alkanes of at least 4 members (excludes halogenated alkanes) is 14. The second-order valence-corrected chi connectivity index (χ2v) is 5.88. The fourth-order valence-electron chi connectivity index (χ4n) is 2.59. The summed E-state index contributed by atoms with van der Waals surface area (Å²) in [6, 6.07) is 0. The Hall–Kier alpha value is -0.260. The highest BCUT2D eigenvalue weighted by atomic mass is 14.0. The first-order valence-corrected chi connectivity index (χ1v) is 8.90. The lowest BCUT2D eigenvalue weighted by atomic mass is 10.0. The summed E-state index contributed by atoms with van der Waals surface area (Å²) in [5.41, 5.74) is 0. The summed E-state index contributed by atoms with van der Waals surface area (Å²) < 4.78 is 0. The van der Waals surface area contributed by atoms with E-state index in [-0.39, 0.29) is 0 Å². The topological polar surface area (TPSA) is 0 Å². The van der Waals surface area contributed by atoms with Crippen LogP contribution in [0.5, 0.6) is 0 Å². The normalized spacial score (nSPS) is 11.5. The molecule has 0 N–H and O–H groups in total. The summed E-state index contributed by atoms with van der Waals surface area (Å²) in [7, 11) is 0. The van der Waals surface area contributed by atoms with Crippen LogP contribution in [0, 0.1) is 6.08 Å². The van der Waals surface area contributed by atoms with Crippen LogP contribution in [0.25, 0.3) is 0 Å². The van der Waals surface area contributed by atoms with Crippen molar-refractivity contribution >= 4 is 0 Å². The fourth-order valence-corrected chi connectivity index (χ4v) is 2.59. The van der Waals surface area contributed by atoms with Gasteiger partial charge >= 0.3 is 0 Å². The zero-order valence-electron chi connectivity index (χ0n) is 13.7. The van der Waals surface area contributed by atoms with Gasteiger partial charge in [0.1, 0.15) is 0 Å². The Morgan fingerprint density at radius 2 is 0.947 bits per heavy atom. The Kier molecular flexibility index (Phi) is 17.5. The van der Waals surface area contributed by atoms with Crippen LogP contribution in [0.1, 0.15) is 110 Å². The van der Waals surface area contributed by atoms with Crippen LogP contribution in [0.15, 0.2) is 6.08 Å². The second-order valence-electron chi connectivity index (χ2n) is 5.88. The number of rotatable bonds is 15. The summed E-state index contributed by atoms with van der Waals surface area (Å²) in [5.74, 6) is 0. The van der Waals surface area contributed by atoms with Gasteiger partial charge in [0.05, 0.1) is 0 Å². The lowest BCUT2D eigenvalue weighted by Crippen LogP contribution is -1.83. The highest BCUT2D eigenvalue weighted by Crippen LogP contribution is 2.13. The summed E-state index contributed by atoms with van der Waals surface area (Å²) in [4.78, 5) is 0. The molecule has 0 unspecified atom stereocenters. The minimum atomic E-state index is 1.23. The Balaban J connectivity index is 2.91. The molecule has 0 aromatic carbocycles. The van der Waals surface area contributed by atoms with Crippen LogP contribution in [0.2, 0.25) is 0 Å². The molecule has 1 radical (unpaired) electrons. The summed E-state index contributed by atoms with van der Waals surface area (Å²) >= 11 is 0. The molecule has 0 aliphatic heterocycles. The van der Waals surface area contributed by atoms with E-state index in [0.717, 1.165) is 0 Å². The Morgan fingerprint density at radius 1 is 0.579 bits per heavy atom. The average Bonchev–Trinajstić information content (AvgIpc) is 2.43. The number of hydrogen-bond donors (Lipinski definition) is 0. The summed E-state index contributed by atoms with van der Waals surface area (Å²) in [5, 5.41) is 0. The van der Waals surface area contributed by atoms with Gasteiger partial charge in [-0.15, -0.1) is 0 Å². The third-order valence-electron chi connectivity index (χ3n) is 3.91. The molecule has 19 heavy (non-hydrogen) atoms. The van der Waals surface area contributed by atoms with Crippen molar-refractivity contribution in [1.29, 1.82) is 0 Å². The Labute approximate surface area is 123 Å². The van der Waals surface area contributed by atoms with Crippen LogP contribution in [-0.2, 0) is 0 Å². The molecule has 0 bridgehead atoms. The molecule has 0 saturated heterocycles. The van der Waals surface area contributed by atoms with Crippen molar-refractivity contribution in [2.45, 2.75) is 110 Å². The van der Waals surface area contributed by atoms with Crippen molar-refractivity contribution < 1.29 is 0 Å². The fraction of sp³-hybridized carbons (Fsp3) is 0.895. The molecule has 113 valence electrons. The van der Waals surface area contributed by atoms with E-state index >= 15 is 0 Å². The van der Waals surface area contributed by atoms with E-state index in [4.69, 9.17) is 0 Å². The first kappa shape index (κ1) is 18.7. The quantitative estimate of drug-likeness (QED) is 0.274. The van der Waals surface area contributed by atoms with Gasteiger partial charge in [-0.1, -0.05) is 103 Å². The summed E-state index contributed by atoms with van der Waals surface area (Å²) in [6.07, 6.45) is 26.7. The van der Waals surface area contributed by atoms with Gasteiger partial charge < -0.3 is 0 Å². The zero-order valence-corrected chi connectivity index (χ0v) is 13.7. The molecule has 0 spiro atoms. The predicted molar refractivity (Wildman–Crippen MR) is 88.4 cm³/mol. The van der Waals surface area contributed by atoms with E-state index in [1.807, 2.05) is 6.92 Å². The van der Waals surface area contributed by atoms with E-state index in [2.05, 4.69) is 19.1 Å². The van der Waals surface area contributed by atoms with Crippen LogP contribution >= 0.6 is 0 Å². The highest BCUT2D eigenvalue weighted by molar-refractivity contribution is 4.69. The standard InChI is InChI=1S/C19H37/c1-3-5-7-9-11-13-15-17-19-18-16-14-12-10-8-6-4-2/h6H,3,5,7-19H2,1-2H3. The number of hydrogen-bond acceptors (Lipinski definition) is 0. The van der Waals surface area contributed by atoms with Crippen LogP contribution in [0.3, 0.4) is 0 Å². The van der Waals surface area contributed by atoms with Gasteiger partial charge in [-0.05, 0) is 19.8 Å². The minimum Gasteiger partial charge on any atom is -0.0813 e. The van der Waals surface area contributed by atoms with Crippen molar-refractivity contribution in [3.63, 3.8) is 0 Å². The third kappa shape index (κ3) is 17.7. The summed E-state index contributed by atoms with van der Waals surface area (Å²) in [6.45, 7) is 4.28. The molecule has 0 heterocycles. The van der Waals surface area contributed by atoms with Crippen molar-refractivity contribution in [2.75, 3.05) is 0 Å². The lowest BCUT2D eigenvalue weighted by molar-refractivity contribution is 0.536. The SMILES string of the molecule is C/[C]=C\CCCCCCCCCCCCCCCC. The molecule has 0 aromatic heterocycles. The van der Waals surface area contributed by atoms with Crippen LogP contribution in [-0.4, -0.2) is 0 Å². The van der Waals surface area contributed by atoms with Crippen molar-refractivity contribution in [3.05, 3.63) is 12.2 Å².